The molecule has 0 N–H and O–H groups in total. The standard InChI is InChI=1S/C28H30ClFN6O4S/c1-40-26-8-6-22(41(38,39)35-13-11-33(12-14-35)28-31-9-2-10-32-28)16-25(26)36-20-4-5-21(36)18-34(17-20)27(37)23-7-3-19(30)15-24(23)29/h2-3,6-10,15-16,20-21H,4-5,11-14,17-18H2,1H3. The number of anilines is 2. The van der Waals surface area contributed by atoms with Crippen LogP contribution in [0.15, 0.2) is 59.8 Å². The van der Waals surface area contributed by atoms with Gasteiger partial charge in [0.05, 0.1) is 28.3 Å². The number of sulfonamides is 1. The van der Waals surface area contributed by atoms with Crippen molar-refractivity contribution >= 4 is 39.2 Å². The zero-order valence-corrected chi connectivity index (χ0v) is 24.1. The molecule has 3 aromatic rings. The molecule has 2 aromatic carbocycles. The predicted octanol–water partition coefficient (Wildman–Crippen LogP) is 3.28. The Morgan fingerprint density at radius 1 is 1.00 bits per heavy atom. The molecule has 4 heterocycles. The Bertz CT molecular complexity index is 1540. The third kappa shape index (κ3) is 5.20. The number of hydrogen-bond acceptors (Lipinski definition) is 8. The van der Waals surface area contributed by atoms with Gasteiger partial charge in [0.1, 0.15) is 11.6 Å². The molecule has 10 nitrogen and oxygen atoms in total. The lowest BCUT2D eigenvalue weighted by Gasteiger charge is -2.43. The summed E-state index contributed by atoms with van der Waals surface area (Å²) in [6, 6.07) is 10.5. The number of piperazine rings is 2. The maximum absolute atomic E-state index is 13.7. The second kappa shape index (κ2) is 11.1. The number of aromatic nitrogens is 2. The molecule has 2 atom stereocenters. The molecule has 3 fully saturated rings. The lowest BCUT2D eigenvalue weighted by Crippen LogP contribution is -2.55. The zero-order valence-electron chi connectivity index (χ0n) is 22.5. The number of hydrogen-bond donors (Lipinski definition) is 0. The lowest BCUT2D eigenvalue weighted by atomic mass is 10.1. The molecule has 0 saturated carbocycles. The van der Waals surface area contributed by atoms with Crippen molar-refractivity contribution < 1.29 is 22.3 Å². The molecule has 1 amide bonds. The van der Waals surface area contributed by atoms with Crippen LogP contribution in [0.25, 0.3) is 0 Å². The van der Waals surface area contributed by atoms with Gasteiger partial charge in [-0.15, -0.1) is 0 Å². The minimum absolute atomic E-state index is 0.0294. The molecule has 13 heteroatoms. The second-order valence-electron chi connectivity index (χ2n) is 10.4. The molecular weight excluding hydrogens is 571 g/mol. The first-order valence-electron chi connectivity index (χ1n) is 13.5. The molecule has 6 rings (SSSR count). The van der Waals surface area contributed by atoms with Crippen molar-refractivity contribution in [2.45, 2.75) is 29.8 Å². The quantitative estimate of drug-likeness (QED) is 0.425. The Morgan fingerprint density at radius 3 is 2.32 bits per heavy atom. The van der Waals surface area contributed by atoms with Crippen LogP contribution in [0.3, 0.4) is 0 Å². The van der Waals surface area contributed by atoms with Gasteiger partial charge in [0.15, 0.2) is 0 Å². The number of carbonyl (C=O) groups excluding carboxylic acids is 1. The summed E-state index contributed by atoms with van der Waals surface area (Å²) in [5, 5.41) is 0.0847. The molecule has 3 saturated heterocycles. The molecule has 3 aliphatic heterocycles. The van der Waals surface area contributed by atoms with Crippen LogP contribution in [0.2, 0.25) is 5.02 Å². The highest BCUT2D eigenvalue weighted by molar-refractivity contribution is 7.89. The lowest BCUT2D eigenvalue weighted by molar-refractivity contribution is 0.0718. The monoisotopic (exact) mass is 600 g/mol. The van der Waals surface area contributed by atoms with E-state index in [2.05, 4.69) is 14.9 Å². The topological polar surface area (TPSA) is 99.2 Å². The Kier molecular flexibility index (Phi) is 7.47. The Morgan fingerprint density at radius 2 is 1.68 bits per heavy atom. The van der Waals surface area contributed by atoms with Gasteiger partial charge in [0.25, 0.3) is 5.91 Å². The molecule has 2 unspecified atom stereocenters. The number of ether oxygens (including phenoxy) is 1. The van der Waals surface area contributed by atoms with Gasteiger partial charge in [0, 0.05) is 63.7 Å². The van der Waals surface area contributed by atoms with Crippen molar-refractivity contribution in [3.05, 3.63) is 71.3 Å². The average molecular weight is 601 g/mol. The van der Waals surface area contributed by atoms with Gasteiger partial charge in [-0.1, -0.05) is 11.6 Å². The Labute approximate surface area is 243 Å². The molecule has 1 aromatic heterocycles. The summed E-state index contributed by atoms with van der Waals surface area (Å²) in [7, 11) is -2.20. The minimum Gasteiger partial charge on any atom is -0.495 e. The summed E-state index contributed by atoms with van der Waals surface area (Å²) in [6.07, 6.45) is 5.03. The summed E-state index contributed by atoms with van der Waals surface area (Å²) in [5.74, 6) is 0.430. The van der Waals surface area contributed by atoms with E-state index in [1.165, 1.54) is 16.4 Å². The number of halogens is 2. The van der Waals surface area contributed by atoms with E-state index in [0.717, 1.165) is 18.9 Å². The summed E-state index contributed by atoms with van der Waals surface area (Å²) in [4.78, 5) is 27.9. The Hall–Kier alpha value is -3.48. The van der Waals surface area contributed by atoms with E-state index in [1.54, 1.807) is 48.7 Å². The van der Waals surface area contributed by atoms with Crippen LogP contribution < -0.4 is 14.5 Å². The SMILES string of the molecule is COc1ccc(S(=O)(=O)N2CCN(c3ncccn3)CC2)cc1N1C2CCC1CN(C(=O)c1ccc(F)cc1Cl)C2. The van der Waals surface area contributed by atoms with Crippen LogP contribution in [0.4, 0.5) is 16.0 Å². The number of methoxy groups -OCH3 is 1. The largest absolute Gasteiger partial charge is 0.495 e. The third-order valence-corrected chi connectivity index (χ3v) is 10.3. The zero-order chi connectivity index (χ0) is 28.7. The van der Waals surface area contributed by atoms with E-state index in [0.29, 0.717) is 56.7 Å². The van der Waals surface area contributed by atoms with E-state index >= 15 is 0 Å². The normalized spacial score (nSPS) is 21.3. The molecular formula is C28H30ClFN6O4S. The van der Waals surface area contributed by atoms with Crippen molar-refractivity contribution in [1.82, 2.24) is 19.2 Å². The number of likely N-dealkylation sites (tertiary alicyclic amines) is 1. The van der Waals surface area contributed by atoms with Crippen molar-refractivity contribution in [3.8, 4) is 5.75 Å². The fourth-order valence-electron chi connectivity index (χ4n) is 6.06. The molecule has 2 bridgehead atoms. The maximum Gasteiger partial charge on any atom is 0.255 e. The average Bonchev–Trinajstić information content (AvgIpc) is 3.25. The van der Waals surface area contributed by atoms with E-state index < -0.39 is 15.8 Å². The molecule has 0 aliphatic carbocycles. The van der Waals surface area contributed by atoms with Crippen LogP contribution in [0, 0.1) is 5.82 Å². The van der Waals surface area contributed by atoms with Gasteiger partial charge < -0.3 is 19.4 Å². The van der Waals surface area contributed by atoms with E-state index in [-0.39, 0.29) is 33.5 Å². The molecule has 41 heavy (non-hydrogen) atoms. The minimum atomic E-state index is -3.76. The van der Waals surface area contributed by atoms with Crippen molar-refractivity contribution in [2.75, 3.05) is 56.2 Å². The van der Waals surface area contributed by atoms with Crippen LogP contribution in [-0.2, 0) is 10.0 Å². The first-order valence-corrected chi connectivity index (χ1v) is 15.3. The molecule has 216 valence electrons. The van der Waals surface area contributed by atoms with Gasteiger partial charge in [-0.2, -0.15) is 4.31 Å². The van der Waals surface area contributed by atoms with Crippen molar-refractivity contribution in [1.29, 1.82) is 0 Å². The van der Waals surface area contributed by atoms with Gasteiger partial charge >= 0.3 is 0 Å². The summed E-state index contributed by atoms with van der Waals surface area (Å²) in [5.41, 5.74) is 0.967. The first-order chi connectivity index (χ1) is 19.8. The maximum atomic E-state index is 13.7. The first kappa shape index (κ1) is 27.7. The highest BCUT2D eigenvalue weighted by Crippen LogP contribution is 2.41. The summed E-state index contributed by atoms with van der Waals surface area (Å²) >= 11 is 6.18. The van der Waals surface area contributed by atoms with Crippen LogP contribution in [0.5, 0.6) is 5.75 Å². The van der Waals surface area contributed by atoms with Crippen LogP contribution in [0.1, 0.15) is 23.2 Å². The number of rotatable bonds is 6. The van der Waals surface area contributed by atoms with Gasteiger partial charge in [-0.3, -0.25) is 4.79 Å². The molecule has 3 aliphatic rings. The van der Waals surface area contributed by atoms with Crippen molar-refractivity contribution in [3.63, 3.8) is 0 Å². The van der Waals surface area contributed by atoms with E-state index in [9.17, 15) is 17.6 Å². The van der Waals surface area contributed by atoms with Crippen molar-refractivity contribution in [2.24, 2.45) is 0 Å². The van der Waals surface area contributed by atoms with E-state index in [4.69, 9.17) is 16.3 Å². The van der Waals surface area contributed by atoms with Gasteiger partial charge in [-0.25, -0.2) is 22.8 Å². The predicted molar refractivity (Wildman–Crippen MR) is 153 cm³/mol. The summed E-state index contributed by atoms with van der Waals surface area (Å²) < 4.78 is 48.1. The summed E-state index contributed by atoms with van der Waals surface area (Å²) in [6.45, 7) is 2.49. The van der Waals surface area contributed by atoms with Gasteiger partial charge in [-0.05, 0) is 55.3 Å². The smallest absolute Gasteiger partial charge is 0.255 e. The van der Waals surface area contributed by atoms with Crippen LogP contribution >= 0.6 is 11.6 Å². The second-order valence-corrected chi connectivity index (χ2v) is 12.7. The third-order valence-electron chi connectivity index (χ3n) is 8.07. The van der Waals surface area contributed by atoms with Crippen LogP contribution in [-0.4, -0.2) is 92.0 Å². The fourth-order valence-corrected chi connectivity index (χ4v) is 7.75. The highest BCUT2D eigenvalue weighted by atomic mass is 35.5. The number of nitrogens with zero attached hydrogens (tertiary/aromatic N) is 6. The Balaban J connectivity index is 1.21. The fraction of sp³-hybridized carbons (Fsp3) is 0.393. The number of amides is 1. The van der Waals surface area contributed by atoms with Gasteiger partial charge in [0.2, 0.25) is 16.0 Å². The highest BCUT2D eigenvalue weighted by Gasteiger charge is 2.43. The number of fused-ring (bicyclic) bond motifs is 2. The molecule has 0 radical (unpaired) electrons. The van der Waals surface area contributed by atoms with E-state index in [1.807, 2.05) is 4.90 Å². The number of carbonyl (C=O) groups is 1. The molecule has 0 spiro atoms. The number of benzene rings is 2.